The summed E-state index contributed by atoms with van der Waals surface area (Å²) in [6, 6.07) is 4.28. The molecule has 1 saturated carbocycles. The molecule has 5 N–H and O–H groups in total. The standard InChI is InChI=1S/C11H14N4O3/c12-7-4-8(5-7)14-9-3-6(11(13)16)1-2-10(9)15(17)18/h1-3,7-8,14H,4-5,12H2,(H2,13,16). The van der Waals surface area contributed by atoms with Gasteiger partial charge in [-0.1, -0.05) is 0 Å². The summed E-state index contributed by atoms with van der Waals surface area (Å²) in [5, 5.41) is 13.9. The number of carbonyl (C=O) groups is 1. The molecule has 96 valence electrons. The van der Waals surface area contributed by atoms with Gasteiger partial charge in [-0.2, -0.15) is 0 Å². The van der Waals surface area contributed by atoms with Crippen molar-refractivity contribution >= 4 is 17.3 Å². The second-order valence-corrected chi connectivity index (χ2v) is 4.43. The molecule has 0 aromatic heterocycles. The number of nitrogens with one attached hydrogen (secondary N) is 1. The van der Waals surface area contributed by atoms with Gasteiger partial charge in [0.2, 0.25) is 5.91 Å². The lowest BCUT2D eigenvalue weighted by Gasteiger charge is -2.33. The van der Waals surface area contributed by atoms with Crippen LogP contribution in [0.3, 0.4) is 0 Å². The number of benzene rings is 1. The number of rotatable bonds is 4. The zero-order valence-electron chi connectivity index (χ0n) is 9.63. The van der Waals surface area contributed by atoms with E-state index in [2.05, 4.69) is 5.32 Å². The van der Waals surface area contributed by atoms with Crippen molar-refractivity contribution in [2.45, 2.75) is 24.9 Å². The van der Waals surface area contributed by atoms with Crippen molar-refractivity contribution in [3.8, 4) is 0 Å². The van der Waals surface area contributed by atoms with E-state index < -0.39 is 10.8 Å². The van der Waals surface area contributed by atoms with Crippen LogP contribution in [0.25, 0.3) is 0 Å². The largest absolute Gasteiger partial charge is 0.377 e. The molecule has 2 rings (SSSR count). The fraction of sp³-hybridized carbons (Fsp3) is 0.364. The van der Waals surface area contributed by atoms with E-state index in [9.17, 15) is 14.9 Å². The first kappa shape index (κ1) is 12.3. The fourth-order valence-electron chi connectivity index (χ4n) is 1.96. The molecule has 1 aromatic rings. The Hall–Kier alpha value is -2.15. The third-order valence-electron chi connectivity index (χ3n) is 3.01. The number of primary amides is 1. The molecule has 0 bridgehead atoms. The molecule has 0 saturated heterocycles. The molecule has 0 radical (unpaired) electrons. The molecule has 1 amide bonds. The normalized spacial score (nSPS) is 22.1. The van der Waals surface area contributed by atoms with E-state index in [0.717, 1.165) is 12.8 Å². The molecule has 0 spiro atoms. The molecule has 0 unspecified atom stereocenters. The number of amides is 1. The van der Waals surface area contributed by atoms with Gasteiger partial charge in [-0.3, -0.25) is 14.9 Å². The molecular weight excluding hydrogens is 236 g/mol. The Morgan fingerprint density at radius 2 is 2.11 bits per heavy atom. The molecule has 18 heavy (non-hydrogen) atoms. The lowest BCUT2D eigenvalue weighted by Crippen LogP contribution is -2.44. The van der Waals surface area contributed by atoms with E-state index in [-0.39, 0.29) is 23.3 Å². The van der Waals surface area contributed by atoms with Crippen LogP contribution >= 0.6 is 0 Å². The Labute approximate surface area is 103 Å². The number of anilines is 1. The Morgan fingerprint density at radius 1 is 1.44 bits per heavy atom. The first-order valence-electron chi connectivity index (χ1n) is 5.57. The van der Waals surface area contributed by atoms with Crippen molar-refractivity contribution in [3.05, 3.63) is 33.9 Å². The molecular formula is C11H14N4O3. The summed E-state index contributed by atoms with van der Waals surface area (Å²) >= 11 is 0. The van der Waals surface area contributed by atoms with E-state index in [1.54, 1.807) is 0 Å². The highest BCUT2D eigenvalue weighted by Crippen LogP contribution is 2.30. The van der Waals surface area contributed by atoms with Gasteiger partial charge in [0.25, 0.3) is 5.69 Å². The molecule has 7 heteroatoms. The minimum absolute atomic E-state index is 0.0690. The minimum atomic E-state index is -0.613. The van der Waals surface area contributed by atoms with Crippen LogP contribution in [0.4, 0.5) is 11.4 Å². The average Bonchev–Trinajstić information content (AvgIpc) is 2.26. The zero-order chi connectivity index (χ0) is 13.3. The summed E-state index contributed by atoms with van der Waals surface area (Å²) in [4.78, 5) is 21.4. The SMILES string of the molecule is NC(=O)c1ccc([N+](=O)[O-])c(NC2CC(N)C2)c1. The van der Waals surface area contributed by atoms with Gasteiger partial charge < -0.3 is 16.8 Å². The third kappa shape index (κ3) is 2.40. The van der Waals surface area contributed by atoms with Crippen LogP contribution in [0.2, 0.25) is 0 Å². The van der Waals surface area contributed by atoms with Crippen molar-refractivity contribution in [3.63, 3.8) is 0 Å². The van der Waals surface area contributed by atoms with E-state index in [0.29, 0.717) is 5.69 Å². The predicted octanol–water partition coefficient (Wildman–Crippen LogP) is 0.595. The molecule has 1 fully saturated rings. The summed E-state index contributed by atoms with van der Waals surface area (Å²) in [5.41, 5.74) is 11.3. The second-order valence-electron chi connectivity index (χ2n) is 4.43. The van der Waals surface area contributed by atoms with Crippen LogP contribution in [-0.2, 0) is 0 Å². The molecule has 0 heterocycles. The van der Waals surface area contributed by atoms with Crippen molar-refractivity contribution in [2.24, 2.45) is 11.5 Å². The summed E-state index contributed by atoms with van der Waals surface area (Å²) in [7, 11) is 0. The summed E-state index contributed by atoms with van der Waals surface area (Å²) in [6.07, 6.45) is 1.52. The highest BCUT2D eigenvalue weighted by Gasteiger charge is 2.28. The lowest BCUT2D eigenvalue weighted by molar-refractivity contribution is -0.384. The average molecular weight is 250 g/mol. The van der Waals surface area contributed by atoms with Gasteiger partial charge in [-0.15, -0.1) is 0 Å². The van der Waals surface area contributed by atoms with Crippen molar-refractivity contribution in [2.75, 3.05) is 5.32 Å². The molecule has 1 aromatic carbocycles. The first-order valence-corrected chi connectivity index (χ1v) is 5.57. The first-order chi connectivity index (χ1) is 8.47. The fourth-order valence-corrected chi connectivity index (χ4v) is 1.96. The van der Waals surface area contributed by atoms with E-state index in [1.807, 2.05) is 0 Å². The van der Waals surface area contributed by atoms with Gasteiger partial charge in [0.15, 0.2) is 0 Å². The van der Waals surface area contributed by atoms with Gasteiger partial charge >= 0.3 is 0 Å². The number of carbonyl (C=O) groups excluding carboxylic acids is 1. The lowest BCUT2D eigenvalue weighted by atomic mass is 9.87. The maximum atomic E-state index is 11.1. The van der Waals surface area contributed by atoms with Crippen LogP contribution in [-0.4, -0.2) is 22.9 Å². The molecule has 1 aliphatic rings. The van der Waals surface area contributed by atoms with Gasteiger partial charge in [0.05, 0.1) is 4.92 Å². The number of hydrogen-bond donors (Lipinski definition) is 3. The summed E-state index contributed by atoms with van der Waals surface area (Å²) in [6.45, 7) is 0. The Morgan fingerprint density at radius 3 is 2.61 bits per heavy atom. The number of nitro benzene ring substituents is 1. The molecule has 0 aliphatic heterocycles. The van der Waals surface area contributed by atoms with Crippen LogP contribution in [0, 0.1) is 10.1 Å². The number of nitro groups is 1. The van der Waals surface area contributed by atoms with Gasteiger partial charge in [0.1, 0.15) is 5.69 Å². The monoisotopic (exact) mass is 250 g/mol. The highest BCUT2D eigenvalue weighted by molar-refractivity contribution is 5.94. The minimum Gasteiger partial charge on any atom is -0.377 e. The van der Waals surface area contributed by atoms with E-state index in [4.69, 9.17) is 11.5 Å². The van der Waals surface area contributed by atoms with E-state index >= 15 is 0 Å². The van der Waals surface area contributed by atoms with Crippen LogP contribution in [0.5, 0.6) is 0 Å². The third-order valence-corrected chi connectivity index (χ3v) is 3.01. The van der Waals surface area contributed by atoms with Crippen LogP contribution in [0.1, 0.15) is 23.2 Å². The topological polar surface area (TPSA) is 124 Å². The maximum absolute atomic E-state index is 11.1. The van der Waals surface area contributed by atoms with Crippen LogP contribution in [0.15, 0.2) is 18.2 Å². The van der Waals surface area contributed by atoms with Crippen molar-refractivity contribution in [1.29, 1.82) is 0 Å². The number of nitrogens with zero attached hydrogens (tertiary/aromatic N) is 1. The Balaban J connectivity index is 2.26. The zero-order valence-corrected chi connectivity index (χ0v) is 9.63. The Bertz CT molecular complexity index is 497. The van der Waals surface area contributed by atoms with Gasteiger partial charge in [0, 0.05) is 23.7 Å². The predicted molar refractivity (Wildman–Crippen MR) is 66.2 cm³/mol. The quantitative estimate of drug-likeness (QED) is 0.533. The second kappa shape index (κ2) is 4.61. The summed E-state index contributed by atoms with van der Waals surface area (Å²) < 4.78 is 0. The van der Waals surface area contributed by atoms with Crippen LogP contribution < -0.4 is 16.8 Å². The smallest absolute Gasteiger partial charge is 0.292 e. The summed E-state index contributed by atoms with van der Waals surface area (Å²) in [5.74, 6) is -0.613. The van der Waals surface area contributed by atoms with E-state index in [1.165, 1.54) is 18.2 Å². The number of hydrogen-bond acceptors (Lipinski definition) is 5. The van der Waals surface area contributed by atoms with Gasteiger partial charge in [-0.25, -0.2) is 0 Å². The van der Waals surface area contributed by atoms with Gasteiger partial charge in [-0.05, 0) is 25.0 Å². The molecule has 1 aliphatic carbocycles. The maximum Gasteiger partial charge on any atom is 0.292 e. The van der Waals surface area contributed by atoms with Crippen molar-refractivity contribution in [1.82, 2.24) is 0 Å². The molecule has 7 nitrogen and oxygen atoms in total. The highest BCUT2D eigenvalue weighted by atomic mass is 16.6. The molecule has 0 atom stereocenters. The number of nitrogens with two attached hydrogens (primary N) is 2. The Kier molecular flexibility index (Phi) is 3.15. The van der Waals surface area contributed by atoms with Crippen molar-refractivity contribution < 1.29 is 9.72 Å².